The normalized spacial score (nSPS) is 10.7. The van der Waals surface area contributed by atoms with Gasteiger partial charge in [0.25, 0.3) is 0 Å². The van der Waals surface area contributed by atoms with Crippen molar-refractivity contribution in [3.8, 4) is 0 Å². The fourth-order valence-corrected chi connectivity index (χ4v) is 1.30. The molecule has 11 heavy (non-hydrogen) atoms. The Bertz CT molecular complexity index is 394. The van der Waals surface area contributed by atoms with Gasteiger partial charge in [-0.1, -0.05) is 23.7 Å². The summed E-state index contributed by atoms with van der Waals surface area (Å²) < 4.78 is 12.9. The quantitative estimate of drug-likeness (QED) is 0.624. The lowest BCUT2D eigenvalue weighted by Crippen LogP contribution is -1.74. The molecule has 1 N–H and O–H groups in total. The number of hydrogen-bond donors (Lipinski definition) is 1. The number of hydrogen-bond acceptors (Lipinski definition) is 0. The third-order valence-corrected chi connectivity index (χ3v) is 1.78. The summed E-state index contributed by atoms with van der Waals surface area (Å²) in [6, 6.07) is 6.55. The lowest BCUT2D eigenvalue weighted by molar-refractivity contribution is 0.637. The molecule has 1 aromatic heterocycles. The molecule has 0 saturated heterocycles. The maximum absolute atomic E-state index is 12.9. The fraction of sp³-hybridized carbons (Fsp3) is 0. The third kappa shape index (κ3) is 0.994. The molecule has 0 aliphatic carbocycles. The van der Waals surface area contributed by atoms with Crippen molar-refractivity contribution in [1.29, 1.82) is 0 Å². The van der Waals surface area contributed by atoms with Crippen molar-refractivity contribution in [1.82, 2.24) is 4.98 Å². The zero-order valence-corrected chi connectivity index (χ0v) is 6.32. The third-order valence-electron chi connectivity index (χ3n) is 1.57. The van der Waals surface area contributed by atoms with Crippen molar-refractivity contribution in [2.75, 3.05) is 0 Å². The SMILES string of the molecule is Fc1cccc2cc(Cl)[nH]c12. The summed E-state index contributed by atoms with van der Waals surface area (Å²) in [5, 5.41) is 1.26. The van der Waals surface area contributed by atoms with Crippen molar-refractivity contribution in [3.05, 3.63) is 35.2 Å². The number of aromatic amines is 1. The molecule has 0 bridgehead atoms. The first-order valence-electron chi connectivity index (χ1n) is 3.20. The Morgan fingerprint density at radius 3 is 2.91 bits per heavy atom. The number of nitrogens with one attached hydrogen (secondary N) is 1. The van der Waals surface area contributed by atoms with Gasteiger partial charge in [-0.15, -0.1) is 0 Å². The highest BCUT2D eigenvalue weighted by Crippen LogP contribution is 2.20. The maximum Gasteiger partial charge on any atom is 0.147 e. The molecule has 1 heterocycles. The van der Waals surface area contributed by atoms with E-state index in [1.165, 1.54) is 6.07 Å². The highest BCUT2D eigenvalue weighted by Gasteiger charge is 2.01. The number of rotatable bonds is 0. The highest BCUT2D eigenvalue weighted by atomic mass is 35.5. The molecule has 56 valence electrons. The van der Waals surface area contributed by atoms with Crippen molar-refractivity contribution in [3.63, 3.8) is 0 Å². The number of aromatic nitrogens is 1. The zero-order chi connectivity index (χ0) is 7.84. The van der Waals surface area contributed by atoms with E-state index in [0.717, 1.165) is 5.39 Å². The Kier molecular flexibility index (Phi) is 1.36. The standard InChI is InChI=1S/C8H5ClFN/c9-7-4-5-2-1-3-6(10)8(5)11-7/h1-4,11H. The van der Waals surface area contributed by atoms with Crippen LogP contribution in [0.4, 0.5) is 4.39 Å². The molecule has 1 aromatic carbocycles. The molecule has 2 rings (SSSR count). The fourth-order valence-electron chi connectivity index (χ4n) is 1.08. The van der Waals surface area contributed by atoms with Gasteiger partial charge < -0.3 is 4.98 Å². The lowest BCUT2D eigenvalue weighted by atomic mass is 10.2. The molecule has 0 unspecified atom stereocenters. The van der Waals surface area contributed by atoms with Crippen molar-refractivity contribution >= 4 is 22.5 Å². The van der Waals surface area contributed by atoms with Crippen molar-refractivity contribution in [2.45, 2.75) is 0 Å². The second kappa shape index (κ2) is 2.24. The summed E-state index contributed by atoms with van der Waals surface area (Å²) >= 11 is 5.63. The van der Waals surface area contributed by atoms with E-state index in [-0.39, 0.29) is 5.82 Å². The number of fused-ring (bicyclic) bond motifs is 1. The predicted octanol–water partition coefficient (Wildman–Crippen LogP) is 2.96. The van der Waals surface area contributed by atoms with Crippen LogP contribution in [0.25, 0.3) is 10.9 Å². The number of halogens is 2. The summed E-state index contributed by atoms with van der Waals surface area (Å²) in [5.41, 5.74) is 0.470. The Morgan fingerprint density at radius 1 is 1.36 bits per heavy atom. The van der Waals surface area contributed by atoms with Crippen molar-refractivity contribution in [2.24, 2.45) is 0 Å². The Morgan fingerprint density at radius 2 is 2.18 bits per heavy atom. The van der Waals surface area contributed by atoms with Crippen LogP contribution in [0, 0.1) is 5.82 Å². The summed E-state index contributed by atoms with van der Waals surface area (Å²) in [6.45, 7) is 0. The minimum absolute atomic E-state index is 0.269. The maximum atomic E-state index is 12.9. The van der Waals surface area contributed by atoms with Crippen LogP contribution in [-0.4, -0.2) is 4.98 Å². The van der Waals surface area contributed by atoms with Gasteiger partial charge in [0.05, 0.1) is 5.52 Å². The van der Waals surface area contributed by atoms with Gasteiger partial charge in [0.2, 0.25) is 0 Å². The van der Waals surface area contributed by atoms with E-state index in [1.54, 1.807) is 18.2 Å². The summed E-state index contributed by atoms with van der Waals surface area (Å²) in [4.78, 5) is 2.72. The molecule has 2 aromatic rings. The van der Waals surface area contributed by atoms with Gasteiger partial charge in [0.1, 0.15) is 11.0 Å². The average Bonchev–Trinajstić information content (AvgIpc) is 2.31. The second-order valence-electron chi connectivity index (χ2n) is 2.32. The minimum atomic E-state index is -0.269. The predicted molar refractivity (Wildman–Crippen MR) is 43.3 cm³/mol. The van der Waals surface area contributed by atoms with Gasteiger partial charge in [0, 0.05) is 5.39 Å². The smallest absolute Gasteiger partial charge is 0.147 e. The van der Waals surface area contributed by atoms with Gasteiger partial charge in [-0.25, -0.2) is 4.39 Å². The molecule has 0 amide bonds. The van der Waals surface area contributed by atoms with Gasteiger partial charge in [-0.05, 0) is 12.1 Å². The summed E-state index contributed by atoms with van der Waals surface area (Å²) in [5.74, 6) is -0.269. The molecule has 0 aliphatic rings. The van der Waals surface area contributed by atoms with Crippen LogP contribution < -0.4 is 0 Å². The Balaban J connectivity index is 2.90. The van der Waals surface area contributed by atoms with E-state index in [2.05, 4.69) is 4.98 Å². The first-order chi connectivity index (χ1) is 5.27. The summed E-state index contributed by atoms with van der Waals surface area (Å²) in [7, 11) is 0. The van der Waals surface area contributed by atoms with E-state index < -0.39 is 0 Å². The summed E-state index contributed by atoms with van der Waals surface area (Å²) in [6.07, 6.45) is 0. The molecule has 0 saturated carbocycles. The second-order valence-corrected chi connectivity index (χ2v) is 2.73. The van der Waals surface area contributed by atoms with Crippen LogP contribution >= 0.6 is 11.6 Å². The molecule has 0 aliphatic heterocycles. The number of benzene rings is 1. The van der Waals surface area contributed by atoms with Crippen LogP contribution in [0.3, 0.4) is 0 Å². The minimum Gasteiger partial charge on any atom is -0.343 e. The molecule has 3 heteroatoms. The van der Waals surface area contributed by atoms with Crippen LogP contribution in [0.15, 0.2) is 24.3 Å². The molecular formula is C8H5ClFN. The van der Waals surface area contributed by atoms with E-state index in [4.69, 9.17) is 11.6 Å². The average molecular weight is 170 g/mol. The van der Waals surface area contributed by atoms with E-state index in [9.17, 15) is 4.39 Å². The monoisotopic (exact) mass is 169 g/mol. The number of para-hydroxylation sites is 1. The topological polar surface area (TPSA) is 15.8 Å². The van der Waals surface area contributed by atoms with E-state index in [1.807, 2.05) is 0 Å². The number of H-pyrrole nitrogens is 1. The Labute approximate surface area is 67.8 Å². The van der Waals surface area contributed by atoms with Gasteiger partial charge in [-0.3, -0.25) is 0 Å². The Hall–Kier alpha value is -1.02. The van der Waals surface area contributed by atoms with E-state index >= 15 is 0 Å². The zero-order valence-electron chi connectivity index (χ0n) is 5.57. The first-order valence-corrected chi connectivity index (χ1v) is 3.58. The van der Waals surface area contributed by atoms with Crippen LogP contribution in [0.1, 0.15) is 0 Å². The molecular weight excluding hydrogens is 165 g/mol. The largest absolute Gasteiger partial charge is 0.343 e. The van der Waals surface area contributed by atoms with Crippen LogP contribution in [0.2, 0.25) is 5.15 Å². The highest BCUT2D eigenvalue weighted by molar-refractivity contribution is 6.30. The molecule has 0 fully saturated rings. The van der Waals surface area contributed by atoms with Crippen LogP contribution in [0.5, 0.6) is 0 Å². The van der Waals surface area contributed by atoms with Crippen LogP contribution in [-0.2, 0) is 0 Å². The van der Waals surface area contributed by atoms with E-state index in [0.29, 0.717) is 10.7 Å². The first kappa shape index (κ1) is 6.68. The molecule has 0 atom stereocenters. The molecule has 0 radical (unpaired) electrons. The van der Waals surface area contributed by atoms with Gasteiger partial charge in [-0.2, -0.15) is 0 Å². The van der Waals surface area contributed by atoms with Gasteiger partial charge >= 0.3 is 0 Å². The van der Waals surface area contributed by atoms with Gasteiger partial charge in [0.15, 0.2) is 0 Å². The lowest BCUT2D eigenvalue weighted by Gasteiger charge is -1.88. The van der Waals surface area contributed by atoms with Crippen molar-refractivity contribution < 1.29 is 4.39 Å². The molecule has 1 nitrogen and oxygen atoms in total. The molecule has 0 spiro atoms.